The number of aromatic nitrogens is 10. The Morgan fingerprint density at radius 3 is 2.06 bits per heavy atom. The van der Waals surface area contributed by atoms with Crippen molar-refractivity contribution in [2.75, 3.05) is 31.5 Å². The summed E-state index contributed by atoms with van der Waals surface area (Å²) in [6, 6.07) is 6.12. The van der Waals surface area contributed by atoms with Crippen LogP contribution in [0.4, 0.5) is 50.7 Å². The van der Waals surface area contributed by atoms with Crippen molar-refractivity contribution in [1.29, 1.82) is 0 Å². The number of anilines is 4. The van der Waals surface area contributed by atoms with E-state index in [-0.39, 0.29) is 54.5 Å². The maximum atomic E-state index is 16.5. The lowest BCUT2D eigenvalue weighted by Crippen LogP contribution is -2.68. The number of nitrogens with one attached hydrogen (secondary N) is 6. The molecule has 8 saturated carbocycles. The summed E-state index contributed by atoms with van der Waals surface area (Å²) in [5.41, 5.74) is 2.46. The molecule has 15 rings (SSSR count). The first-order valence-electron chi connectivity index (χ1n) is 24.5. The fourth-order valence-electron chi connectivity index (χ4n) is 11.9. The average molecular weight is 1000 g/mol. The van der Waals surface area contributed by atoms with Crippen LogP contribution in [-0.4, -0.2) is 113 Å². The molecule has 8 aliphatic carbocycles. The van der Waals surface area contributed by atoms with Crippen LogP contribution in [0.1, 0.15) is 122 Å². The quantitative estimate of drug-likeness (QED) is 0.0424. The molecule has 6 aromatic rings. The molecular weight excluding hydrogens is 949 g/mol. The number of carbonyl (C=O) groups excluding carboxylic acids is 2. The average Bonchev–Trinajstić information content (AvgIpc) is 3.94. The predicted molar refractivity (Wildman–Crippen MR) is 242 cm³/mol. The first-order valence-corrected chi connectivity index (χ1v) is 24.5. The van der Waals surface area contributed by atoms with Gasteiger partial charge in [-0.2, -0.15) is 14.8 Å². The zero-order valence-corrected chi connectivity index (χ0v) is 39.2. The van der Waals surface area contributed by atoms with E-state index in [9.17, 15) is 18.4 Å². The van der Waals surface area contributed by atoms with Crippen LogP contribution in [0.25, 0.3) is 11.3 Å². The van der Waals surface area contributed by atoms with E-state index in [1.54, 1.807) is 40.4 Å². The number of imidazole rings is 2. The molecule has 1 aliphatic heterocycles. The van der Waals surface area contributed by atoms with Crippen LogP contribution in [-0.2, 0) is 36.9 Å². The number of alkyl carbamates (subject to hydrolysis) is 2. The van der Waals surface area contributed by atoms with Crippen molar-refractivity contribution in [3.63, 3.8) is 0 Å². The fourth-order valence-corrected chi connectivity index (χ4v) is 11.9. The van der Waals surface area contributed by atoms with Crippen LogP contribution in [0.3, 0.4) is 0 Å². The van der Waals surface area contributed by atoms with E-state index in [4.69, 9.17) is 33.7 Å². The lowest BCUT2D eigenvalue weighted by atomic mass is 9.50. The lowest BCUT2D eigenvalue weighted by Gasteiger charge is -2.61. The van der Waals surface area contributed by atoms with Gasteiger partial charge in [0.1, 0.15) is 41.4 Å². The van der Waals surface area contributed by atoms with Crippen LogP contribution in [0.15, 0.2) is 36.7 Å². The molecule has 8 atom stereocenters. The molecule has 72 heavy (non-hydrogen) atoms. The molecule has 4 bridgehead atoms. The smallest absolute Gasteiger partial charge is 0.408 e. The highest BCUT2D eigenvalue weighted by Crippen LogP contribution is 2.58. The predicted octanol–water partition coefficient (Wildman–Crippen LogP) is 6.48. The standard InChI is InChI=1S/C47H52F4N14O7/c1-68-18-23-16-63-35(52-23)7-27(54-42(63)56-34-6-29(60-61-34)40-39(49)33(20-70-40)72-45(67)59-47-13-22(14-47)15-47)26-5-31(26)65-37(57-43-55-30(41(50)51)9-36-53-24(19-69-2)17-64(36)43)8-28(62-65)25-3-4-32(38(25)48)71-44(66)58-46-10-21(11-46)12-46/h6-9,16-17,21-22,25-26,31-33,38-41H,3-5,10-15,18-20H2,1-2H3,(H5,52,53,54,55,56,57,58,59,60,61,62,66,67)/p+1/t21?,22?,25-,26?,31?,32-,33-,38+,39-,40-,46?,47?/m0/s1. The van der Waals surface area contributed by atoms with Gasteiger partial charge in [0, 0.05) is 74.1 Å². The molecule has 6 aromatic heterocycles. The van der Waals surface area contributed by atoms with Crippen LogP contribution in [0, 0.1) is 11.8 Å². The summed E-state index contributed by atoms with van der Waals surface area (Å²) in [7, 11) is 3.07. The molecule has 6 N–H and O–H groups in total. The monoisotopic (exact) mass is 1000 g/mol. The highest BCUT2D eigenvalue weighted by molar-refractivity contribution is 5.70. The molecule has 7 heterocycles. The van der Waals surface area contributed by atoms with Crippen molar-refractivity contribution in [2.45, 2.75) is 137 Å². The maximum Gasteiger partial charge on any atom is 0.408 e. The SMILES string of the molecule is COCc1cn2c(Nc3cc([C@@H]4OC[C@H](OC(=O)NC56CC(C5)C6)[C@@H]4F)[nH]n3)nc(C3CC3[n+]3[nH]c([C@@H]4CC[C@H](OC(=O)NC56CC(C5)C6)[C@@H]4F)cc3Nc3nc(C(F)F)cc4nc(COC)cn34)cc2n1. The van der Waals surface area contributed by atoms with Crippen molar-refractivity contribution in [3.05, 3.63) is 70.8 Å². The van der Waals surface area contributed by atoms with Crippen molar-refractivity contribution in [3.8, 4) is 0 Å². The number of fused-ring (bicyclic) bond motifs is 2. The molecule has 25 heteroatoms. The minimum Gasteiger partial charge on any atom is -0.443 e. The van der Waals surface area contributed by atoms with Crippen LogP contribution >= 0.6 is 0 Å². The number of ether oxygens (including phenoxy) is 5. The third-order valence-corrected chi connectivity index (χ3v) is 15.8. The minimum absolute atomic E-state index is 0.0481. The Bertz CT molecular complexity index is 3070. The molecule has 0 spiro atoms. The van der Waals surface area contributed by atoms with Gasteiger partial charge in [0.25, 0.3) is 6.43 Å². The number of H-pyrrole nitrogens is 2. The number of nitrogens with zero attached hydrogens (tertiary/aromatic N) is 8. The molecule has 9 fully saturated rings. The molecule has 21 nitrogen and oxygen atoms in total. The Hall–Kier alpha value is -6.60. The summed E-state index contributed by atoms with van der Waals surface area (Å²) in [4.78, 5) is 44.2. The number of hydrogen-bond donors (Lipinski definition) is 6. The number of rotatable bonds is 17. The zero-order chi connectivity index (χ0) is 49.2. The Labute approximate surface area is 407 Å². The van der Waals surface area contributed by atoms with Crippen molar-refractivity contribution in [2.24, 2.45) is 11.8 Å². The first kappa shape index (κ1) is 45.3. The third-order valence-electron chi connectivity index (χ3n) is 15.8. The third kappa shape index (κ3) is 7.93. The summed E-state index contributed by atoms with van der Waals surface area (Å²) >= 11 is 0. The normalized spacial score (nSPS) is 31.7. The molecule has 0 radical (unpaired) electrons. The van der Waals surface area contributed by atoms with Crippen LogP contribution in [0.5, 0.6) is 0 Å². The number of alkyl halides is 4. The molecule has 2 amide bonds. The van der Waals surface area contributed by atoms with Gasteiger partial charge in [0.15, 0.2) is 18.1 Å². The molecule has 0 aromatic carbocycles. The lowest BCUT2D eigenvalue weighted by molar-refractivity contribution is -0.742. The van der Waals surface area contributed by atoms with Gasteiger partial charge in [0.2, 0.25) is 5.95 Å². The minimum atomic E-state index is -2.90. The second-order valence-electron chi connectivity index (χ2n) is 20.9. The number of aromatic amines is 2. The van der Waals surface area contributed by atoms with Gasteiger partial charge in [-0.1, -0.05) is 0 Å². The van der Waals surface area contributed by atoms with Crippen molar-refractivity contribution in [1.82, 2.24) is 54.7 Å². The Kier molecular flexibility index (Phi) is 10.7. The zero-order valence-electron chi connectivity index (χ0n) is 39.2. The van der Waals surface area contributed by atoms with E-state index >= 15 is 8.78 Å². The largest absolute Gasteiger partial charge is 0.443 e. The highest BCUT2D eigenvalue weighted by Gasteiger charge is 2.59. The summed E-state index contributed by atoms with van der Waals surface area (Å²) in [6.07, 6.45) is -0.243. The first-order chi connectivity index (χ1) is 34.8. The summed E-state index contributed by atoms with van der Waals surface area (Å²) in [6.45, 7) is 0.232. The summed E-state index contributed by atoms with van der Waals surface area (Å²) < 4.78 is 93.7. The van der Waals surface area contributed by atoms with Crippen LogP contribution < -0.4 is 25.9 Å². The number of amides is 2. The van der Waals surface area contributed by atoms with Gasteiger partial charge in [0.05, 0.1) is 54.4 Å². The van der Waals surface area contributed by atoms with E-state index in [1.807, 2.05) is 10.7 Å². The number of carbonyl (C=O) groups is 2. The van der Waals surface area contributed by atoms with Gasteiger partial charge in [-0.25, -0.2) is 56.9 Å². The molecule has 2 unspecified atom stereocenters. The molecule has 380 valence electrons. The van der Waals surface area contributed by atoms with Crippen molar-refractivity contribution < 1.29 is 55.5 Å². The van der Waals surface area contributed by atoms with E-state index in [2.05, 4.69) is 46.5 Å². The van der Waals surface area contributed by atoms with Gasteiger partial charge in [-0.3, -0.25) is 9.50 Å². The maximum absolute atomic E-state index is 16.5. The second kappa shape index (κ2) is 17.0. The molecular formula is C47H53F4N14O7+. The topological polar surface area (TPSA) is 237 Å². The number of methoxy groups -OCH3 is 2. The highest BCUT2D eigenvalue weighted by atomic mass is 19.3. The second-order valence-corrected chi connectivity index (χ2v) is 20.9. The van der Waals surface area contributed by atoms with Gasteiger partial charge in [-0.15, -0.1) is 0 Å². The van der Waals surface area contributed by atoms with Crippen LogP contribution in [0.2, 0.25) is 0 Å². The Morgan fingerprint density at radius 2 is 1.43 bits per heavy atom. The molecule has 1 saturated heterocycles. The van der Waals surface area contributed by atoms with Gasteiger partial charge in [-0.05, 0) is 63.2 Å². The number of hydrogen-bond acceptors (Lipinski definition) is 14. The van der Waals surface area contributed by atoms with Crippen molar-refractivity contribution >= 4 is 47.0 Å². The number of halogens is 4. The Balaban J connectivity index is 0.778. The van der Waals surface area contributed by atoms with E-state index in [1.165, 1.54) is 13.2 Å². The van der Waals surface area contributed by atoms with E-state index < -0.39 is 60.9 Å². The van der Waals surface area contributed by atoms with Gasteiger partial charge >= 0.3 is 24.0 Å². The summed E-state index contributed by atoms with van der Waals surface area (Å²) in [5, 5.41) is 23.1. The summed E-state index contributed by atoms with van der Waals surface area (Å²) in [5.74, 6) is 1.47. The van der Waals surface area contributed by atoms with Gasteiger partial charge < -0.3 is 39.6 Å². The Morgan fingerprint density at radius 1 is 0.792 bits per heavy atom. The van der Waals surface area contributed by atoms with E-state index in [0.29, 0.717) is 82.8 Å². The fraction of sp³-hybridized carbons (Fsp3) is 0.574. The molecule has 9 aliphatic rings. The van der Waals surface area contributed by atoms with E-state index in [0.717, 1.165) is 38.5 Å².